The van der Waals surface area contributed by atoms with Gasteiger partial charge in [0.15, 0.2) is 11.8 Å². The maximum atomic E-state index is 6.08. The molecule has 0 amide bonds. The molecule has 0 aromatic carbocycles. The van der Waals surface area contributed by atoms with Crippen molar-refractivity contribution in [1.29, 1.82) is 0 Å². The molecule has 3 aliphatic rings. The Labute approximate surface area is 153 Å². The van der Waals surface area contributed by atoms with Crippen molar-refractivity contribution in [2.24, 2.45) is 16.8 Å². The van der Waals surface area contributed by atoms with Gasteiger partial charge in [-0.3, -0.25) is 4.99 Å². The molecule has 5 heterocycles. The largest absolute Gasteiger partial charge is 0.374 e. The number of guanidine groups is 1. The molecule has 0 aliphatic carbocycles. The summed E-state index contributed by atoms with van der Waals surface area (Å²) in [5.41, 5.74) is 1.16. The Bertz CT molecular complexity index is 786. The van der Waals surface area contributed by atoms with Gasteiger partial charge in [-0.1, -0.05) is 0 Å². The van der Waals surface area contributed by atoms with Crippen molar-refractivity contribution in [1.82, 2.24) is 25.0 Å². The first-order valence-corrected chi connectivity index (χ1v) is 9.38. The lowest BCUT2D eigenvalue weighted by Gasteiger charge is -2.23. The molecule has 26 heavy (non-hydrogen) atoms. The van der Waals surface area contributed by atoms with Gasteiger partial charge in [-0.2, -0.15) is 5.10 Å². The van der Waals surface area contributed by atoms with Crippen LogP contribution in [0.5, 0.6) is 0 Å². The van der Waals surface area contributed by atoms with Gasteiger partial charge in [0.05, 0.1) is 12.2 Å². The summed E-state index contributed by atoms with van der Waals surface area (Å²) in [5, 5.41) is 7.76. The first-order valence-electron chi connectivity index (χ1n) is 9.38. The third kappa shape index (κ3) is 2.67. The number of pyridine rings is 1. The standard InChI is InChI=1S/C19H24N6O/c1-20-19(24-11-14-15(12-24)17-4-3-16(14)26-17)22-10-13-5-7-21-18(9-13)25-8-2-6-23-25/h2,5-9,14-17H,3-4,10-12H2,1H3,(H,20,22). The van der Waals surface area contributed by atoms with Gasteiger partial charge in [-0.05, 0) is 36.6 Å². The van der Waals surface area contributed by atoms with Crippen molar-refractivity contribution in [3.8, 4) is 5.82 Å². The summed E-state index contributed by atoms with van der Waals surface area (Å²) in [5.74, 6) is 3.17. The van der Waals surface area contributed by atoms with Gasteiger partial charge < -0.3 is 15.0 Å². The highest BCUT2D eigenvalue weighted by molar-refractivity contribution is 5.80. The molecule has 2 aromatic heterocycles. The van der Waals surface area contributed by atoms with E-state index in [4.69, 9.17) is 4.74 Å². The molecular formula is C19H24N6O. The lowest BCUT2D eigenvalue weighted by molar-refractivity contribution is 0.0767. The van der Waals surface area contributed by atoms with Gasteiger partial charge in [0.1, 0.15) is 0 Å². The van der Waals surface area contributed by atoms with Crippen LogP contribution in [0, 0.1) is 11.8 Å². The minimum absolute atomic E-state index is 0.477. The van der Waals surface area contributed by atoms with Crippen LogP contribution in [-0.2, 0) is 11.3 Å². The zero-order chi connectivity index (χ0) is 17.5. The van der Waals surface area contributed by atoms with Gasteiger partial charge in [0.2, 0.25) is 0 Å². The van der Waals surface area contributed by atoms with Crippen LogP contribution in [0.25, 0.3) is 5.82 Å². The Hall–Kier alpha value is -2.41. The fourth-order valence-corrected chi connectivity index (χ4v) is 4.75. The molecule has 1 N–H and O–H groups in total. The van der Waals surface area contributed by atoms with E-state index in [-0.39, 0.29) is 0 Å². The van der Waals surface area contributed by atoms with E-state index in [0.29, 0.717) is 24.0 Å². The van der Waals surface area contributed by atoms with Crippen LogP contribution in [0.15, 0.2) is 41.8 Å². The summed E-state index contributed by atoms with van der Waals surface area (Å²) >= 11 is 0. The monoisotopic (exact) mass is 352 g/mol. The SMILES string of the molecule is CN=C(NCc1ccnc(-n2cccn2)c1)N1CC2C3CCC(O3)C2C1. The lowest BCUT2D eigenvalue weighted by Crippen LogP contribution is -2.41. The highest BCUT2D eigenvalue weighted by Gasteiger charge is 2.53. The number of hydrogen-bond acceptors (Lipinski definition) is 4. The summed E-state index contributed by atoms with van der Waals surface area (Å²) in [4.78, 5) is 11.3. The molecule has 4 atom stereocenters. The summed E-state index contributed by atoms with van der Waals surface area (Å²) in [6, 6.07) is 5.98. The molecule has 136 valence electrons. The number of fused-ring (bicyclic) bond motifs is 5. The minimum atomic E-state index is 0.477. The molecular weight excluding hydrogens is 328 g/mol. The smallest absolute Gasteiger partial charge is 0.193 e. The molecule has 5 rings (SSSR count). The highest BCUT2D eigenvalue weighted by atomic mass is 16.5. The molecule has 3 aliphatic heterocycles. The second kappa shape index (κ2) is 6.39. The van der Waals surface area contributed by atoms with Crippen LogP contribution in [-0.4, -0.2) is 58.0 Å². The molecule has 0 saturated carbocycles. The summed E-state index contributed by atoms with van der Waals surface area (Å²) in [7, 11) is 1.86. The zero-order valence-electron chi connectivity index (χ0n) is 15.0. The minimum Gasteiger partial charge on any atom is -0.374 e. The lowest BCUT2D eigenvalue weighted by atomic mass is 9.82. The molecule has 0 radical (unpaired) electrons. The van der Waals surface area contributed by atoms with Crippen LogP contribution in [0.1, 0.15) is 18.4 Å². The first-order chi connectivity index (χ1) is 12.8. The second-order valence-electron chi connectivity index (χ2n) is 7.40. The van der Waals surface area contributed by atoms with Crippen LogP contribution in [0.3, 0.4) is 0 Å². The normalized spacial score (nSPS) is 30.0. The van der Waals surface area contributed by atoms with Crippen LogP contribution in [0.4, 0.5) is 0 Å². The Kier molecular flexibility index (Phi) is 3.89. The van der Waals surface area contributed by atoms with E-state index in [1.807, 2.05) is 31.6 Å². The van der Waals surface area contributed by atoms with Crippen molar-refractivity contribution in [3.05, 3.63) is 42.4 Å². The van der Waals surface area contributed by atoms with Gasteiger partial charge >= 0.3 is 0 Å². The van der Waals surface area contributed by atoms with E-state index in [2.05, 4.69) is 31.4 Å². The Morgan fingerprint density at radius 1 is 1.27 bits per heavy atom. The van der Waals surface area contributed by atoms with Crippen molar-refractivity contribution in [2.45, 2.75) is 31.6 Å². The summed E-state index contributed by atoms with van der Waals surface area (Å²) in [6.45, 7) is 2.83. The van der Waals surface area contributed by atoms with Crippen molar-refractivity contribution >= 4 is 5.96 Å². The number of aliphatic imine (C=N–C) groups is 1. The number of nitrogens with one attached hydrogen (secondary N) is 1. The number of hydrogen-bond donors (Lipinski definition) is 1. The van der Waals surface area contributed by atoms with Crippen LogP contribution in [0.2, 0.25) is 0 Å². The van der Waals surface area contributed by atoms with E-state index in [1.165, 1.54) is 12.8 Å². The van der Waals surface area contributed by atoms with Crippen molar-refractivity contribution in [2.75, 3.05) is 20.1 Å². The third-order valence-electron chi connectivity index (χ3n) is 5.96. The maximum absolute atomic E-state index is 6.08. The quantitative estimate of drug-likeness (QED) is 0.669. The molecule has 7 nitrogen and oxygen atoms in total. The fraction of sp³-hybridized carbons (Fsp3) is 0.526. The number of likely N-dealkylation sites (tertiary alicyclic amines) is 1. The van der Waals surface area contributed by atoms with Crippen molar-refractivity contribution in [3.63, 3.8) is 0 Å². The predicted octanol–water partition coefficient (Wildman–Crippen LogP) is 1.45. The Morgan fingerprint density at radius 2 is 2.08 bits per heavy atom. The summed E-state index contributed by atoms with van der Waals surface area (Å²) in [6.07, 6.45) is 8.91. The zero-order valence-corrected chi connectivity index (χ0v) is 15.0. The number of aromatic nitrogens is 3. The topological polar surface area (TPSA) is 67.6 Å². The third-order valence-corrected chi connectivity index (χ3v) is 5.96. The highest BCUT2D eigenvalue weighted by Crippen LogP contribution is 2.47. The van der Waals surface area contributed by atoms with Gasteiger partial charge in [0, 0.05) is 57.1 Å². The predicted molar refractivity (Wildman–Crippen MR) is 98.0 cm³/mol. The average Bonchev–Trinajstić information content (AvgIpc) is 3.44. The molecule has 2 aromatic rings. The van der Waals surface area contributed by atoms with Gasteiger partial charge in [0.25, 0.3) is 0 Å². The average molecular weight is 352 g/mol. The van der Waals surface area contributed by atoms with Gasteiger partial charge in [-0.25, -0.2) is 9.67 Å². The van der Waals surface area contributed by atoms with E-state index in [1.54, 1.807) is 10.9 Å². The number of ether oxygens (including phenoxy) is 1. The van der Waals surface area contributed by atoms with Crippen molar-refractivity contribution < 1.29 is 4.74 Å². The van der Waals surface area contributed by atoms with E-state index in [9.17, 15) is 0 Å². The molecule has 3 fully saturated rings. The molecule has 0 spiro atoms. The Balaban J connectivity index is 1.24. The second-order valence-corrected chi connectivity index (χ2v) is 7.40. The Morgan fingerprint density at radius 3 is 2.77 bits per heavy atom. The molecule has 4 unspecified atom stereocenters. The van der Waals surface area contributed by atoms with E-state index in [0.717, 1.165) is 37.0 Å². The molecule has 7 heteroatoms. The molecule has 2 bridgehead atoms. The van der Waals surface area contributed by atoms with Crippen LogP contribution >= 0.6 is 0 Å². The summed E-state index contributed by atoms with van der Waals surface area (Å²) < 4.78 is 7.85. The molecule has 3 saturated heterocycles. The fourth-order valence-electron chi connectivity index (χ4n) is 4.75. The van der Waals surface area contributed by atoms with Gasteiger partial charge in [-0.15, -0.1) is 0 Å². The first kappa shape index (κ1) is 15.8. The van der Waals surface area contributed by atoms with E-state index < -0.39 is 0 Å². The van der Waals surface area contributed by atoms with E-state index >= 15 is 0 Å². The maximum Gasteiger partial charge on any atom is 0.193 e. The van der Waals surface area contributed by atoms with Crippen LogP contribution < -0.4 is 5.32 Å². The number of nitrogens with zero attached hydrogens (tertiary/aromatic N) is 5. The number of rotatable bonds is 3.